The Balaban J connectivity index is 2.52. The standard InChI is InChI=1S/C13H22N2O/c1-4-11-10-12(5-2)15(14-11)9-7-8-13(16)6-3/h10H,4-9H2,1-3H3. The first kappa shape index (κ1) is 12.9. The van der Waals surface area contributed by atoms with E-state index in [2.05, 4.69) is 29.7 Å². The maximum Gasteiger partial charge on any atom is 0.132 e. The zero-order chi connectivity index (χ0) is 12.0. The van der Waals surface area contributed by atoms with Crippen molar-refractivity contribution in [3.8, 4) is 0 Å². The van der Waals surface area contributed by atoms with Gasteiger partial charge >= 0.3 is 0 Å². The van der Waals surface area contributed by atoms with Crippen molar-refractivity contribution in [2.45, 2.75) is 59.4 Å². The molecule has 0 unspecified atom stereocenters. The normalized spacial score (nSPS) is 10.7. The molecule has 0 atom stereocenters. The monoisotopic (exact) mass is 222 g/mol. The van der Waals surface area contributed by atoms with E-state index in [4.69, 9.17) is 0 Å². The van der Waals surface area contributed by atoms with Crippen LogP contribution in [0.15, 0.2) is 6.07 Å². The second-order valence-electron chi connectivity index (χ2n) is 4.05. The molecular weight excluding hydrogens is 200 g/mol. The van der Waals surface area contributed by atoms with Crippen LogP contribution in [0.4, 0.5) is 0 Å². The fourth-order valence-electron chi connectivity index (χ4n) is 1.77. The van der Waals surface area contributed by atoms with Crippen LogP contribution in [0, 0.1) is 0 Å². The van der Waals surface area contributed by atoms with E-state index in [-0.39, 0.29) is 0 Å². The number of hydrogen-bond acceptors (Lipinski definition) is 2. The van der Waals surface area contributed by atoms with Crippen LogP contribution in [0.25, 0.3) is 0 Å². The number of carbonyl (C=O) groups is 1. The first-order valence-corrected chi connectivity index (χ1v) is 6.28. The molecule has 1 aromatic rings. The summed E-state index contributed by atoms with van der Waals surface area (Å²) in [5.41, 5.74) is 2.43. The molecular formula is C13H22N2O. The molecule has 0 radical (unpaired) electrons. The SMILES string of the molecule is CCC(=O)CCCn1nc(CC)cc1CC. The van der Waals surface area contributed by atoms with Gasteiger partial charge in [-0.3, -0.25) is 9.48 Å². The van der Waals surface area contributed by atoms with Crippen LogP contribution in [0.1, 0.15) is 51.4 Å². The van der Waals surface area contributed by atoms with Crippen LogP contribution in [0.2, 0.25) is 0 Å². The third-order valence-electron chi connectivity index (χ3n) is 2.86. The average Bonchev–Trinajstić information content (AvgIpc) is 2.71. The summed E-state index contributed by atoms with van der Waals surface area (Å²) in [6.07, 6.45) is 4.23. The van der Waals surface area contributed by atoms with E-state index >= 15 is 0 Å². The minimum Gasteiger partial charge on any atom is -0.300 e. The molecule has 3 nitrogen and oxygen atoms in total. The molecule has 1 aromatic heterocycles. The molecule has 0 amide bonds. The second-order valence-corrected chi connectivity index (χ2v) is 4.05. The van der Waals surface area contributed by atoms with E-state index in [1.807, 2.05) is 6.92 Å². The van der Waals surface area contributed by atoms with E-state index in [1.54, 1.807) is 0 Å². The largest absolute Gasteiger partial charge is 0.300 e. The molecule has 90 valence electrons. The molecule has 0 N–H and O–H groups in total. The Hall–Kier alpha value is -1.12. The lowest BCUT2D eigenvalue weighted by atomic mass is 10.2. The van der Waals surface area contributed by atoms with Crippen molar-refractivity contribution >= 4 is 5.78 Å². The number of rotatable bonds is 7. The predicted molar refractivity (Wildman–Crippen MR) is 65.5 cm³/mol. The van der Waals surface area contributed by atoms with E-state index in [9.17, 15) is 4.79 Å². The zero-order valence-electron chi connectivity index (χ0n) is 10.6. The highest BCUT2D eigenvalue weighted by molar-refractivity contribution is 5.77. The predicted octanol–water partition coefficient (Wildman–Crippen LogP) is 2.77. The Kier molecular flexibility index (Phi) is 5.23. The Morgan fingerprint density at radius 2 is 2.06 bits per heavy atom. The lowest BCUT2D eigenvalue weighted by Crippen LogP contribution is -2.06. The highest BCUT2D eigenvalue weighted by Crippen LogP contribution is 2.08. The highest BCUT2D eigenvalue weighted by Gasteiger charge is 2.05. The molecule has 0 aliphatic carbocycles. The Morgan fingerprint density at radius 3 is 2.62 bits per heavy atom. The van der Waals surface area contributed by atoms with Gasteiger partial charge in [-0.1, -0.05) is 20.8 Å². The topological polar surface area (TPSA) is 34.9 Å². The molecule has 0 bridgehead atoms. The van der Waals surface area contributed by atoms with Gasteiger partial charge in [-0.25, -0.2) is 0 Å². The molecule has 16 heavy (non-hydrogen) atoms. The van der Waals surface area contributed by atoms with Crippen LogP contribution in [-0.4, -0.2) is 15.6 Å². The van der Waals surface area contributed by atoms with Crippen molar-refractivity contribution in [2.75, 3.05) is 0 Å². The number of aromatic nitrogens is 2. The lowest BCUT2D eigenvalue weighted by Gasteiger charge is -2.04. The molecule has 1 rings (SSSR count). The van der Waals surface area contributed by atoms with Gasteiger partial charge in [0.05, 0.1) is 5.69 Å². The molecule has 0 aliphatic heterocycles. The van der Waals surface area contributed by atoms with Crippen LogP contribution in [0.5, 0.6) is 0 Å². The Labute approximate surface area is 97.8 Å². The summed E-state index contributed by atoms with van der Waals surface area (Å²) in [7, 11) is 0. The van der Waals surface area contributed by atoms with Gasteiger partial charge < -0.3 is 0 Å². The summed E-state index contributed by atoms with van der Waals surface area (Å²) in [6.45, 7) is 7.05. The van der Waals surface area contributed by atoms with E-state index in [1.165, 1.54) is 5.69 Å². The Morgan fingerprint density at radius 1 is 1.31 bits per heavy atom. The molecule has 0 saturated carbocycles. The van der Waals surface area contributed by atoms with Crippen molar-refractivity contribution in [3.05, 3.63) is 17.5 Å². The molecule has 3 heteroatoms. The van der Waals surface area contributed by atoms with Gasteiger partial charge in [-0.05, 0) is 25.3 Å². The lowest BCUT2D eigenvalue weighted by molar-refractivity contribution is -0.118. The van der Waals surface area contributed by atoms with Crippen molar-refractivity contribution in [2.24, 2.45) is 0 Å². The first-order chi connectivity index (χ1) is 7.71. The quantitative estimate of drug-likeness (QED) is 0.711. The van der Waals surface area contributed by atoms with Gasteiger partial charge in [0.2, 0.25) is 0 Å². The van der Waals surface area contributed by atoms with Crippen molar-refractivity contribution in [1.82, 2.24) is 9.78 Å². The number of ketones is 1. The minimum atomic E-state index is 0.348. The molecule has 1 heterocycles. The molecule has 0 aromatic carbocycles. The van der Waals surface area contributed by atoms with E-state index < -0.39 is 0 Å². The summed E-state index contributed by atoms with van der Waals surface area (Å²) in [5.74, 6) is 0.348. The zero-order valence-corrected chi connectivity index (χ0v) is 10.6. The molecule has 0 spiro atoms. The van der Waals surface area contributed by atoms with Gasteiger partial charge in [0.25, 0.3) is 0 Å². The highest BCUT2D eigenvalue weighted by atomic mass is 16.1. The van der Waals surface area contributed by atoms with Gasteiger partial charge in [0.15, 0.2) is 0 Å². The summed E-state index contributed by atoms with van der Waals surface area (Å²) >= 11 is 0. The average molecular weight is 222 g/mol. The van der Waals surface area contributed by atoms with Crippen LogP contribution < -0.4 is 0 Å². The smallest absolute Gasteiger partial charge is 0.132 e. The molecule has 0 saturated heterocycles. The van der Waals surface area contributed by atoms with Crippen molar-refractivity contribution in [1.29, 1.82) is 0 Å². The number of Topliss-reactive ketones (excluding diaryl/α,β-unsaturated/α-hetero) is 1. The molecule has 0 fully saturated rings. The van der Waals surface area contributed by atoms with Crippen LogP contribution in [-0.2, 0) is 24.2 Å². The number of nitrogens with zero attached hydrogens (tertiary/aromatic N) is 2. The van der Waals surface area contributed by atoms with Crippen molar-refractivity contribution < 1.29 is 4.79 Å². The van der Waals surface area contributed by atoms with E-state index in [0.717, 1.165) is 31.5 Å². The maximum absolute atomic E-state index is 11.2. The summed E-state index contributed by atoms with van der Waals surface area (Å²) in [5, 5.41) is 4.53. The van der Waals surface area contributed by atoms with Gasteiger partial charge in [-0.2, -0.15) is 5.10 Å². The van der Waals surface area contributed by atoms with Crippen molar-refractivity contribution in [3.63, 3.8) is 0 Å². The third kappa shape index (κ3) is 3.47. The summed E-state index contributed by atoms with van der Waals surface area (Å²) in [6, 6.07) is 2.17. The molecule has 0 aliphatic rings. The Bertz CT molecular complexity index is 342. The van der Waals surface area contributed by atoms with E-state index in [0.29, 0.717) is 18.6 Å². The maximum atomic E-state index is 11.2. The van der Waals surface area contributed by atoms with Crippen LogP contribution >= 0.6 is 0 Å². The van der Waals surface area contributed by atoms with Gasteiger partial charge in [0, 0.05) is 25.1 Å². The third-order valence-corrected chi connectivity index (χ3v) is 2.86. The fraction of sp³-hybridized carbons (Fsp3) is 0.692. The van der Waals surface area contributed by atoms with Crippen LogP contribution in [0.3, 0.4) is 0 Å². The van der Waals surface area contributed by atoms with Gasteiger partial charge in [0.1, 0.15) is 5.78 Å². The number of aryl methyl sites for hydroxylation is 3. The second kappa shape index (κ2) is 6.46. The minimum absolute atomic E-state index is 0.348. The number of carbonyl (C=O) groups excluding carboxylic acids is 1. The first-order valence-electron chi connectivity index (χ1n) is 6.28. The van der Waals surface area contributed by atoms with Gasteiger partial charge in [-0.15, -0.1) is 0 Å². The summed E-state index contributed by atoms with van der Waals surface area (Å²) < 4.78 is 2.06. The summed E-state index contributed by atoms with van der Waals surface area (Å²) in [4.78, 5) is 11.2. The fourth-order valence-corrected chi connectivity index (χ4v) is 1.77. The number of hydrogen-bond donors (Lipinski definition) is 0.